The van der Waals surface area contributed by atoms with Crippen LogP contribution in [0.3, 0.4) is 0 Å². The van der Waals surface area contributed by atoms with E-state index in [1.54, 1.807) is 38.3 Å². The summed E-state index contributed by atoms with van der Waals surface area (Å²) in [5.74, 6) is 0.444. The number of sulfonamides is 1. The molecule has 1 N–H and O–H groups in total. The molecule has 0 aliphatic carbocycles. The maximum atomic E-state index is 12.6. The highest BCUT2D eigenvalue weighted by Crippen LogP contribution is 2.24. The smallest absolute Gasteiger partial charge is 0.243 e. The number of hydrogen-bond acceptors (Lipinski definition) is 4. The highest BCUT2D eigenvalue weighted by atomic mass is 32.2. The molecule has 1 aromatic carbocycles. The van der Waals surface area contributed by atoms with Gasteiger partial charge in [0, 0.05) is 26.8 Å². The van der Waals surface area contributed by atoms with Crippen molar-refractivity contribution in [2.75, 3.05) is 26.8 Å². The molecule has 0 bridgehead atoms. The first-order valence-corrected chi connectivity index (χ1v) is 8.66. The summed E-state index contributed by atoms with van der Waals surface area (Å²) < 4.78 is 31.8. The van der Waals surface area contributed by atoms with Gasteiger partial charge in [0.1, 0.15) is 0 Å². The molecule has 5 nitrogen and oxygen atoms in total. The summed E-state index contributed by atoms with van der Waals surface area (Å²) in [6.45, 7) is 3.42. The molecule has 0 saturated carbocycles. The van der Waals surface area contributed by atoms with E-state index in [-0.39, 0.29) is 4.90 Å². The normalized spacial score (nSPS) is 19.6. The molecule has 0 spiro atoms. The molecular formula is C15H23NO4S. The summed E-state index contributed by atoms with van der Waals surface area (Å²) >= 11 is 0. The van der Waals surface area contributed by atoms with Gasteiger partial charge in [-0.2, -0.15) is 4.31 Å². The number of rotatable bonds is 5. The SMILES string of the molecule is COCC1CCN(S(=O)(=O)c2ccc(C(C)O)cc2)CC1. The summed E-state index contributed by atoms with van der Waals surface area (Å²) in [5, 5.41) is 9.47. The van der Waals surface area contributed by atoms with Crippen molar-refractivity contribution in [2.45, 2.75) is 30.8 Å². The molecule has 0 aromatic heterocycles. The van der Waals surface area contributed by atoms with Crippen LogP contribution in [0.2, 0.25) is 0 Å². The van der Waals surface area contributed by atoms with E-state index >= 15 is 0 Å². The Morgan fingerprint density at radius 1 is 1.29 bits per heavy atom. The Balaban J connectivity index is 2.08. The van der Waals surface area contributed by atoms with E-state index in [1.165, 1.54) is 4.31 Å². The lowest BCUT2D eigenvalue weighted by molar-refractivity contribution is 0.121. The predicted molar refractivity (Wildman–Crippen MR) is 80.4 cm³/mol. The predicted octanol–water partition coefficient (Wildman–Crippen LogP) is 1.79. The zero-order chi connectivity index (χ0) is 15.5. The van der Waals surface area contributed by atoms with Crippen LogP contribution in [0, 0.1) is 5.92 Å². The molecule has 6 heteroatoms. The number of benzene rings is 1. The molecule has 21 heavy (non-hydrogen) atoms. The van der Waals surface area contributed by atoms with Gasteiger partial charge in [0.05, 0.1) is 11.0 Å². The van der Waals surface area contributed by atoms with Crippen LogP contribution in [0.25, 0.3) is 0 Å². The van der Waals surface area contributed by atoms with Gasteiger partial charge >= 0.3 is 0 Å². The van der Waals surface area contributed by atoms with Crippen molar-refractivity contribution >= 4 is 10.0 Å². The van der Waals surface area contributed by atoms with Crippen molar-refractivity contribution < 1.29 is 18.3 Å². The zero-order valence-corrected chi connectivity index (χ0v) is 13.3. The van der Waals surface area contributed by atoms with Crippen LogP contribution in [-0.4, -0.2) is 44.6 Å². The Hall–Kier alpha value is -0.950. The fourth-order valence-corrected chi connectivity index (χ4v) is 4.09. The number of hydrogen-bond donors (Lipinski definition) is 1. The second-order valence-corrected chi connectivity index (χ2v) is 7.49. The van der Waals surface area contributed by atoms with Gasteiger partial charge < -0.3 is 9.84 Å². The zero-order valence-electron chi connectivity index (χ0n) is 12.5. The van der Waals surface area contributed by atoms with Crippen LogP contribution in [0.5, 0.6) is 0 Å². The lowest BCUT2D eigenvalue weighted by Gasteiger charge is -2.30. The highest BCUT2D eigenvalue weighted by molar-refractivity contribution is 7.89. The first-order valence-electron chi connectivity index (χ1n) is 7.22. The van der Waals surface area contributed by atoms with Crippen LogP contribution in [0.15, 0.2) is 29.2 Å². The molecule has 1 aromatic rings. The molecule has 1 aliphatic heterocycles. The Kier molecular flexibility index (Phi) is 5.37. The van der Waals surface area contributed by atoms with Crippen LogP contribution >= 0.6 is 0 Å². The van der Waals surface area contributed by atoms with Crippen molar-refractivity contribution in [3.8, 4) is 0 Å². The van der Waals surface area contributed by atoms with Crippen molar-refractivity contribution in [2.24, 2.45) is 5.92 Å². The Bertz CT molecular complexity index is 546. The highest BCUT2D eigenvalue weighted by Gasteiger charge is 2.29. The second-order valence-electron chi connectivity index (χ2n) is 5.55. The molecule has 118 valence electrons. The fraction of sp³-hybridized carbons (Fsp3) is 0.600. The molecule has 1 fully saturated rings. The van der Waals surface area contributed by atoms with E-state index in [2.05, 4.69) is 0 Å². The van der Waals surface area contributed by atoms with E-state index in [4.69, 9.17) is 4.74 Å². The first kappa shape index (κ1) is 16.4. The van der Waals surface area contributed by atoms with Crippen LogP contribution in [-0.2, 0) is 14.8 Å². The molecule has 1 atom stereocenters. The number of aliphatic hydroxyl groups is 1. The first-order chi connectivity index (χ1) is 9.95. The number of methoxy groups -OCH3 is 1. The fourth-order valence-electron chi connectivity index (χ4n) is 2.62. The third-order valence-electron chi connectivity index (χ3n) is 3.98. The van der Waals surface area contributed by atoms with E-state index < -0.39 is 16.1 Å². The largest absolute Gasteiger partial charge is 0.389 e. The van der Waals surface area contributed by atoms with Crippen LogP contribution < -0.4 is 0 Å². The quantitative estimate of drug-likeness (QED) is 0.900. The van der Waals surface area contributed by atoms with Gasteiger partial charge in [-0.25, -0.2) is 8.42 Å². The van der Waals surface area contributed by atoms with E-state index in [0.29, 0.717) is 31.2 Å². The average molecular weight is 313 g/mol. The van der Waals surface area contributed by atoms with Gasteiger partial charge in [0.25, 0.3) is 0 Å². The topological polar surface area (TPSA) is 66.8 Å². The molecule has 2 rings (SSSR count). The van der Waals surface area contributed by atoms with Crippen molar-refractivity contribution in [1.82, 2.24) is 4.31 Å². The van der Waals surface area contributed by atoms with E-state index in [9.17, 15) is 13.5 Å². The Morgan fingerprint density at radius 2 is 1.86 bits per heavy atom. The summed E-state index contributed by atoms with van der Waals surface area (Å²) in [6, 6.07) is 6.46. The van der Waals surface area contributed by atoms with Gasteiger partial charge in [-0.3, -0.25) is 0 Å². The monoisotopic (exact) mass is 313 g/mol. The summed E-state index contributed by atoms with van der Waals surface area (Å²) in [4.78, 5) is 0.289. The third-order valence-corrected chi connectivity index (χ3v) is 5.89. The lowest BCUT2D eigenvalue weighted by atomic mass is 9.99. The Labute approximate surface area is 126 Å². The molecule has 1 unspecified atom stereocenters. The van der Waals surface area contributed by atoms with Gasteiger partial charge in [-0.1, -0.05) is 12.1 Å². The minimum atomic E-state index is -3.43. The van der Waals surface area contributed by atoms with Gasteiger partial charge in [-0.05, 0) is 43.4 Å². The van der Waals surface area contributed by atoms with Crippen molar-refractivity contribution in [3.05, 3.63) is 29.8 Å². The second kappa shape index (κ2) is 6.87. The summed E-state index contributed by atoms with van der Waals surface area (Å²) in [6.07, 6.45) is 1.07. The minimum absolute atomic E-state index is 0.289. The molecule has 1 heterocycles. The summed E-state index contributed by atoms with van der Waals surface area (Å²) in [7, 11) is -1.76. The number of piperidine rings is 1. The molecule has 1 aliphatic rings. The molecule has 0 radical (unpaired) electrons. The summed E-state index contributed by atoms with van der Waals surface area (Å²) in [5.41, 5.74) is 0.716. The maximum absolute atomic E-state index is 12.6. The third kappa shape index (κ3) is 3.83. The number of aliphatic hydroxyl groups excluding tert-OH is 1. The molecule has 1 saturated heterocycles. The lowest BCUT2D eigenvalue weighted by Crippen LogP contribution is -2.39. The van der Waals surface area contributed by atoms with Crippen molar-refractivity contribution in [1.29, 1.82) is 0 Å². The van der Waals surface area contributed by atoms with Gasteiger partial charge in [0.2, 0.25) is 10.0 Å². The standard InChI is InChI=1S/C15H23NO4S/c1-12(17)14-3-5-15(6-4-14)21(18,19)16-9-7-13(8-10-16)11-20-2/h3-6,12-13,17H,7-11H2,1-2H3. The van der Waals surface area contributed by atoms with Crippen LogP contribution in [0.1, 0.15) is 31.4 Å². The van der Waals surface area contributed by atoms with Crippen LogP contribution in [0.4, 0.5) is 0 Å². The maximum Gasteiger partial charge on any atom is 0.243 e. The molecule has 0 amide bonds. The minimum Gasteiger partial charge on any atom is -0.389 e. The number of ether oxygens (including phenoxy) is 1. The number of nitrogens with zero attached hydrogens (tertiary/aromatic N) is 1. The van der Waals surface area contributed by atoms with Crippen molar-refractivity contribution in [3.63, 3.8) is 0 Å². The molecular weight excluding hydrogens is 290 g/mol. The van der Waals surface area contributed by atoms with E-state index in [1.807, 2.05) is 0 Å². The average Bonchev–Trinajstić information content (AvgIpc) is 2.48. The van der Waals surface area contributed by atoms with E-state index in [0.717, 1.165) is 12.8 Å². The van der Waals surface area contributed by atoms with Gasteiger partial charge in [-0.15, -0.1) is 0 Å². The Morgan fingerprint density at radius 3 is 2.33 bits per heavy atom. The van der Waals surface area contributed by atoms with Gasteiger partial charge in [0.15, 0.2) is 0 Å².